The fourth-order valence-corrected chi connectivity index (χ4v) is 5.46. The number of aliphatic hydroxyl groups excluding tert-OH is 2. The molecule has 15 heteroatoms. The molecule has 1 aliphatic rings. The first-order valence-corrected chi connectivity index (χ1v) is 13.4. The van der Waals surface area contributed by atoms with Crippen LogP contribution >= 0.6 is 11.6 Å². The molecule has 2 aromatic heterocycles. The summed E-state index contributed by atoms with van der Waals surface area (Å²) < 4.78 is 84.9. The summed E-state index contributed by atoms with van der Waals surface area (Å²) in [7, 11) is 1.32. The maximum Gasteiger partial charge on any atom is 0.418 e. The van der Waals surface area contributed by atoms with Crippen molar-refractivity contribution in [3.8, 4) is 16.8 Å². The fraction of sp³-hybridized carbons (Fsp3) is 0.393. The minimum atomic E-state index is -4.74. The molecule has 0 spiro atoms. The molecule has 230 valence electrons. The number of aromatic nitrogens is 5. The van der Waals surface area contributed by atoms with Crippen LogP contribution in [-0.4, -0.2) is 66.3 Å². The van der Waals surface area contributed by atoms with Crippen molar-refractivity contribution in [2.75, 3.05) is 7.11 Å². The van der Waals surface area contributed by atoms with Crippen LogP contribution in [-0.2, 0) is 15.7 Å². The molecule has 0 bridgehead atoms. The molecular weight excluding hydrogens is 601 g/mol. The summed E-state index contributed by atoms with van der Waals surface area (Å²) in [5.41, 5.74) is -0.815. The number of rotatable bonds is 6. The lowest BCUT2D eigenvalue weighted by Crippen LogP contribution is -2.56. The molecule has 2 N–H and O–H groups in total. The number of halogens is 6. The van der Waals surface area contributed by atoms with Crippen LogP contribution in [0.3, 0.4) is 0 Å². The number of alkyl halides is 3. The van der Waals surface area contributed by atoms with E-state index >= 15 is 0 Å². The zero-order valence-electron chi connectivity index (χ0n) is 23.2. The van der Waals surface area contributed by atoms with Gasteiger partial charge in [0.2, 0.25) is 0 Å². The summed E-state index contributed by atoms with van der Waals surface area (Å²) in [6, 6.07) is 4.84. The van der Waals surface area contributed by atoms with Crippen LogP contribution in [0.4, 0.5) is 22.0 Å². The highest BCUT2D eigenvalue weighted by Gasteiger charge is 2.51. The fourth-order valence-electron chi connectivity index (χ4n) is 5.32. The SMILES string of the molecule is CO[C@H]1C(C(C)O)O[C@@H](c2nc(C)nn2-c2cc(C)ccc2C(F)(F)F)C(O)C1n1cc(-c2ccc(Cl)c(F)c2F)cn1. The Morgan fingerprint density at radius 3 is 2.49 bits per heavy atom. The second-order valence-electron chi connectivity index (χ2n) is 10.3. The van der Waals surface area contributed by atoms with Gasteiger partial charge in [0.05, 0.1) is 28.6 Å². The molecule has 3 heterocycles. The molecule has 0 saturated carbocycles. The molecule has 1 fully saturated rings. The van der Waals surface area contributed by atoms with Crippen LogP contribution in [0.5, 0.6) is 0 Å². The molecule has 0 radical (unpaired) electrons. The second-order valence-corrected chi connectivity index (χ2v) is 10.7. The van der Waals surface area contributed by atoms with Crippen molar-refractivity contribution < 1.29 is 41.6 Å². The largest absolute Gasteiger partial charge is 0.418 e. The summed E-state index contributed by atoms with van der Waals surface area (Å²) in [6.45, 7) is 4.51. The third-order valence-corrected chi connectivity index (χ3v) is 7.60. The molecule has 43 heavy (non-hydrogen) atoms. The quantitative estimate of drug-likeness (QED) is 0.225. The summed E-state index contributed by atoms with van der Waals surface area (Å²) in [4.78, 5) is 4.31. The van der Waals surface area contributed by atoms with Gasteiger partial charge in [-0.25, -0.2) is 18.4 Å². The monoisotopic (exact) mass is 627 g/mol. The predicted molar refractivity (Wildman–Crippen MR) is 144 cm³/mol. The van der Waals surface area contributed by atoms with Crippen molar-refractivity contribution in [3.05, 3.63) is 82.2 Å². The van der Waals surface area contributed by atoms with E-state index in [0.29, 0.717) is 5.56 Å². The smallest absolute Gasteiger partial charge is 0.391 e. The highest BCUT2D eigenvalue weighted by Crippen LogP contribution is 2.42. The van der Waals surface area contributed by atoms with Gasteiger partial charge in [0.1, 0.15) is 36.3 Å². The van der Waals surface area contributed by atoms with Crippen molar-refractivity contribution in [1.29, 1.82) is 0 Å². The van der Waals surface area contributed by atoms with Gasteiger partial charge < -0.3 is 19.7 Å². The van der Waals surface area contributed by atoms with Crippen LogP contribution in [0.15, 0.2) is 42.7 Å². The summed E-state index contributed by atoms with van der Waals surface area (Å²) in [5, 5.41) is 30.4. The molecule has 5 rings (SSSR count). The van der Waals surface area contributed by atoms with Gasteiger partial charge in [0.25, 0.3) is 0 Å². The Morgan fingerprint density at radius 2 is 1.84 bits per heavy atom. The van der Waals surface area contributed by atoms with E-state index < -0.39 is 65.0 Å². The summed E-state index contributed by atoms with van der Waals surface area (Å²) >= 11 is 5.68. The molecule has 0 amide bonds. The summed E-state index contributed by atoms with van der Waals surface area (Å²) in [5.74, 6) is -2.51. The van der Waals surface area contributed by atoms with Crippen molar-refractivity contribution in [1.82, 2.24) is 24.5 Å². The Labute approximate surface area is 247 Å². The van der Waals surface area contributed by atoms with Crippen molar-refractivity contribution in [3.63, 3.8) is 0 Å². The topological polar surface area (TPSA) is 107 Å². The van der Waals surface area contributed by atoms with Gasteiger partial charge in [0.15, 0.2) is 17.5 Å². The van der Waals surface area contributed by atoms with Gasteiger partial charge in [-0.3, -0.25) is 4.68 Å². The molecule has 2 aromatic carbocycles. The minimum absolute atomic E-state index is 0.0982. The highest BCUT2D eigenvalue weighted by molar-refractivity contribution is 6.30. The van der Waals surface area contributed by atoms with E-state index in [4.69, 9.17) is 21.1 Å². The molecular formula is C28H27ClF5N5O4. The van der Waals surface area contributed by atoms with Crippen LogP contribution < -0.4 is 0 Å². The molecule has 4 unspecified atom stereocenters. The lowest BCUT2D eigenvalue weighted by atomic mass is 9.89. The molecule has 9 nitrogen and oxygen atoms in total. The number of ether oxygens (including phenoxy) is 2. The highest BCUT2D eigenvalue weighted by atomic mass is 35.5. The average Bonchev–Trinajstić information content (AvgIpc) is 3.57. The first-order chi connectivity index (χ1) is 20.2. The molecule has 1 saturated heterocycles. The van der Waals surface area contributed by atoms with E-state index in [2.05, 4.69) is 15.2 Å². The Balaban J connectivity index is 1.63. The second kappa shape index (κ2) is 11.6. The number of hydrogen-bond donors (Lipinski definition) is 2. The van der Waals surface area contributed by atoms with Gasteiger partial charge in [-0.15, -0.1) is 0 Å². The Hall–Kier alpha value is -3.43. The normalized spacial score (nSPS) is 23.5. The van der Waals surface area contributed by atoms with Crippen molar-refractivity contribution in [2.24, 2.45) is 0 Å². The van der Waals surface area contributed by atoms with E-state index in [9.17, 15) is 32.2 Å². The van der Waals surface area contributed by atoms with Crippen LogP contribution in [0.25, 0.3) is 16.8 Å². The minimum Gasteiger partial charge on any atom is -0.391 e. The summed E-state index contributed by atoms with van der Waals surface area (Å²) in [6.07, 6.45) is -8.55. The van der Waals surface area contributed by atoms with Crippen molar-refractivity contribution >= 4 is 11.6 Å². The Morgan fingerprint density at radius 1 is 1.12 bits per heavy atom. The van der Waals surface area contributed by atoms with Crippen molar-refractivity contribution in [2.45, 2.75) is 63.5 Å². The molecule has 6 atom stereocenters. The predicted octanol–water partition coefficient (Wildman–Crippen LogP) is 5.14. The first-order valence-electron chi connectivity index (χ1n) is 13.1. The molecule has 4 aromatic rings. The number of methoxy groups -OCH3 is 1. The standard InChI is InChI=1S/C28H27ClF5N5O4/c1-12-5-7-17(28(32,33)34)19(9-12)39-27(36-14(3)37-39)26-23(41)22(25(42-4)24(43-26)13(2)40)38-11-15(10-35-38)16-6-8-18(29)21(31)20(16)30/h5-11,13,22-26,40-41H,1-4H3/t13?,22?,23?,24?,25-,26-/m1/s1. The number of nitrogens with zero attached hydrogens (tertiary/aromatic N) is 5. The zero-order valence-corrected chi connectivity index (χ0v) is 24.0. The van der Waals surface area contributed by atoms with E-state index in [1.165, 1.54) is 62.3 Å². The lowest BCUT2D eigenvalue weighted by molar-refractivity contribution is -0.230. The number of hydrogen-bond acceptors (Lipinski definition) is 7. The van der Waals surface area contributed by atoms with Crippen LogP contribution in [0.1, 0.15) is 41.8 Å². The van der Waals surface area contributed by atoms with Gasteiger partial charge in [0, 0.05) is 24.4 Å². The lowest BCUT2D eigenvalue weighted by Gasteiger charge is -2.45. The maximum atomic E-state index is 14.7. The number of aliphatic hydroxyl groups is 2. The van der Waals surface area contributed by atoms with Gasteiger partial charge in [-0.2, -0.15) is 23.4 Å². The third-order valence-electron chi connectivity index (χ3n) is 7.30. The van der Waals surface area contributed by atoms with E-state index in [0.717, 1.165) is 10.7 Å². The average molecular weight is 628 g/mol. The number of aryl methyl sites for hydroxylation is 2. The van der Waals surface area contributed by atoms with Crippen LogP contribution in [0, 0.1) is 25.5 Å². The Kier molecular flexibility index (Phi) is 8.35. The van der Waals surface area contributed by atoms with E-state index in [1.807, 2.05) is 0 Å². The maximum absolute atomic E-state index is 14.7. The van der Waals surface area contributed by atoms with Crippen LogP contribution in [0.2, 0.25) is 5.02 Å². The van der Waals surface area contributed by atoms with Gasteiger partial charge >= 0.3 is 6.18 Å². The zero-order chi connectivity index (χ0) is 31.4. The molecule has 1 aliphatic heterocycles. The molecule has 0 aliphatic carbocycles. The first kappa shape index (κ1) is 31.0. The Bertz CT molecular complexity index is 1640. The van der Waals surface area contributed by atoms with E-state index in [1.54, 1.807) is 6.92 Å². The van der Waals surface area contributed by atoms with E-state index in [-0.39, 0.29) is 28.5 Å². The third kappa shape index (κ3) is 5.65. The van der Waals surface area contributed by atoms with Gasteiger partial charge in [-0.1, -0.05) is 17.7 Å². The van der Waals surface area contributed by atoms with Gasteiger partial charge in [-0.05, 0) is 50.6 Å². The number of benzene rings is 2.